The van der Waals surface area contributed by atoms with Gasteiger partial charge in [-0.15, -0.1) is 5.10 Å². The van der Waals surface area contributed by atoms with Crippen molar-refractivity contribution in [3.8, 4) is 6.07 Å². The minimum Gasteiger partial charge on any atom is -0.336 e. The summed E-state index contributed by atoms with van der Waals surface area (Å²) in [6.07, 6.45) is 2.84. The molecule has 1 heterocycles. The average Bonchev–Trinajstić information content (AvgIpc) is 3.08. The molecule has 0 aliphatic heterocycles. The third-order valence-corrected chi connectivity index (χ3v) is 2.79. The number of rotatable bonds is 4. The molecule has 1 saturated carbocycles. The van der Waals surface area contributed by atoms with E-state index in [9.17, 15) is 0 Å². The van der Waals surface area contributed by atoms with Crippen LogP contribution in [0.1, 0.15) is 30.7 Å². The molecule has 16 heavy (non-hydrogen) atoms. The maximum absolute atomic E-state index is 8.63. The van der Waals surface area contributed by atoms with Crippen molar-refractivity contribution in [2.45, 2.75) is 39.2 Å². The van der Waals surface area contributed by atoms with Crippen molar-refractivity contribution in [2.24, 2.45) is 0 Å². The molecule has 1 aliphatic carbocycles. The molecule has 5 heteroatoms. The van der Waals surface area contributed by atoms with Gasteiger partial charge in [0.1, 0.15) is 0 Å². The van der Waals surface area contributed by atoms with E-state index in [1.165, 1.54) is 12.8 Å². The van der Waals surface area contributed by atoms with Gasteiger partial charge in [-0.25, -0.2) is 4.98 Å². The van der Waals surface area contributed by atoms with Gasteiger partial charge in [0, 0.05) is 12.6 Å². The number of hydrogen-bond donors (Lipinski definition) is 0. The van der Waals surface area contributed by atoms with E-state index in [2.05, 4.69) is 26.2 Å². The first-order chi connectivity index (χ1) is 7.72. The highest BCUT2D eigenvalue weighted by atomic mass is 15.3. The van der Waals surface area contributed by atoms with E-state index in [4.69, 9.17) is 5.26 Å². The molecule has 84 valence electrons. The maximum Gasteiger partial charge on any atom is 0.245 e. The van der Waals surface area contributed by atoms with E-state index in [1.54, 1.807) is 0 Å². The Morgan fingerprint density at radius 1 is 1.31 bits per heavy atom. The van der Waals surface area contributed by atoms with Gasteiger partial charge in [0.25, 0.3) is 0 Å². The van der Waals surface area contributed by atoms with Crippen molar-refractivity contribution in [3.05, 3.63) is 11.4 Å². The standard InChI is InChI=1S/C11H15N5/c1-8-9(2)14-15-11(13-8)16(7-3-6-12)10-4-5-10/h10H,3-5,7H2,1-2H3. The van der Waals surface area contributed by atoms with Crippen LogP contribution in [0.2, 0.25) is 0 Å². The summed E-state index contributed by atoms with van der Waals surface area (Å²) >= 11 is 0. The third-order valence-electron chi connectivity index (χ3n) is 2.79. The average molecular weight is 217 g/mol. The zero-order chi connectivity index (χ0) is 11.5. The van der Waals surface area contributed by atoms with Crippen LogP contribution >= 0.6 is 0 Å². The highest BCUT2D eigenvalue weighted by molar-refractivity contribution is 5.34. The lowest BCUT2D eigenvalue weighted by Crippen LogP contribution is -2.29. The maximum atomic E-state index is 8.63. The Balaban J connectivity index is 2.18. The summed E-state index contributed by atoms with van der Waals surface area (Å²) in [6.45, 7) is 4.53. The van der Waals surface area contributed by atoms with Gasteiger partial charge in [-0.3, -0.25) is 0 Å². The van der Waals surface area contributed by atoms with Crippen LogP contribution in [0, 0.1) is 25.2 Å². The van der Waals surface area contributed by atoms with Crippen molar-refractivity contribution < 1.29 is 0 Å². The number of anilines is 1. The molecule has 0 saturated heterocycles. The van der Waals surface area contributed by atoms with Gasteiger partial charge >= 0.3 is 0 Å². The molecule has 0 N–H and O–H groups in total. The van der Waals surface area contributed by atoms with Gasteiger partial charge in [-0.05, 0) is 26.7 Å². The smallest absolute Gasteiger partial charge is 0.245 e. The van der Waals surface area contributed by atoms with Crippen LogP contribution in [0.5, 0.6) is 0 Å². The van der Waals surface area contributed by atoms with Crippen molar-refractivity contribution >= 4 is 5.95 Å². The molecule has 0 amide bonds. The largest absolute Gasteiger partial charge is 0.336 e. The van der Waals surface area contributed by atoms with E-state index < -0.39 is 0 Å². The van der Waals surface area contributed by atoms with Crippen molar-refractivity contribution in [1.29, 1.82) is 5.26 Å². The third kappa shape index (κ3) is 2.27. The number of aryl methyl sites for hydroxylation is 2. The summed E-state index contributed by atoms with van der Waals surface area (Å²) < 4.78 is 0. The fraction of sp³-hybridized carbons (Fsp3) is 0.636. The number of hydrogen-bond acceptors (Lipinski definition) is 5. The predicted octanol–water partition coefficient (Wildman–Crippen LogP) is 1.37. The topological polar surface area (TPSA) is 65.7 Å². The van der Waals surface area contributed by atoms with E-state index in [-0.39, 0.29) is 0 Å². The molecule has 0 atom stereocenters. The molecule has 1 aliphatic rings. The summed E-state index contributed by atoms with van der Waals surface area (Å²) in [6, 6.07) is 2.67. The molecule has 1 aromatic rings. The highest BCUT2D eigenvalue weighted by Crippen LogP contribution is 2.29. The Bertz CT molecular complexity index is 419. The first-order valence-corrected chi connectivity index (χ1v) is 5.54. The van der Waals surface area contributed by atoms with Crippen molar-refractivity contribution in [3.63, 3.8) is 0 Å². The number of nitrogens with zero attached hydrogens (tertiary/aromatic N) is 5. The Labute approximate surface area is 95.1 Å². The summed E-state index contributed by atoms with van der Waals surface area (Å²) in [5.74, 6) is 0.667. The molecule has 0 spiro atoms. The Morgan fingerprint density at radius 2 is 2.06 bits per heavy atom. The monoisotopic (exact) mass is 217 g/mol. The van der Waals surface area contributed by atoms with Crippen LogP contribution in [0.3, 0.4) is 0 Å². The van der Waals surface area contributed by atoms with Gasteiger partial charge in [0.2, 0.25) is 5.95 Å². The summed E-state index contributed by atoms with van der Waals surface area (Å²) in [4.78, 5) is 6.53. The van der Waals surface area contributed by atoms with Crippen molar-refractivity contribution in [1.82, 2.24) is 15.2 Å². The molecule has 0 radical (unpaired) electrons. The molecular formula is C11H15N5. The van der Waals surface area contributed by atoms with E-state index in [0.29, 0.717) is 25.0 Å². The van der Waals surface area contributed by atoms with Crippen LogP contribution in [0.4, 0.5) is 5.95 Å². The highest BCUT2D eigenvalue weighted by Gasteiger charge is 2.30. The number of aromatic nitrogens is 3. The Kier molecular flexibility index (Phi) is 3.00. The molecular weight excluding hydrogens is 202 g/mol. The molecule has 1 aromatic heterocycles. The summed E-state index contributed by atoms with van der Waals surface area (Å²) in [5, 5.41) is 16.8. The van der Waals surface area contributed by atoms with Crippen molar-refractivity contribution in [2.75, 3.05) is 11.4 Å². The minimum atomic E-state index is 0.507. The molecule has 0 aromatic carbocycles. The zero-order valence-electron chi connectivity index (χ0n) is 9.64. The van der Waals surface area contributed by atoms with Gasteiger partial charge < -0.3 is 4.90 Å². The second-order valence-electron chi connectivity index (χ2n) is 4.12. The van der Waals surface area contributed by atoms with E-state index >= 15 is 0 Å². The minimum absolute atomic E-state index is 0.507. The van der Waals surface area contributed by atoms with E-state index in [0.717, 1.165) is 11.4 Å². The van der Waals surface area contributed by atoms with E-state index in [1.807, 2.05) is 13.8 Å². The van der Waals surface area contributed by atoms with Gasteiger partial charge in [-0.1, -0.05) is 0 Å². The van der Waals surface area contributed by atoms with Gasteiger partial charge in [0.15, 0.2) is 0 Å². The predicted molar refractivity (Wildman–Crippen MR) is 59.9 cm³/mol. The Hall–Kier alpha value is -1.70. The van der Waals surface area contributed by atoms with Crippen LogP contribution in [0.15, 0.2) is 0 Å². The molecule has 2 rings (SSSR count). The fourth-order valence-corrected chi connectivity index (χ4v) is 1.57. The SMILES string of the molecule is Cc1nnc(N(CCC#N)C2CC2)nc1C. The lowest BCUT2D eigenvalue weighted by Gasteiger charge is -2.20. The van der Waals surface area contributed by atoms with Gasteiger partial charge in [0.05, 0.1) is 23.9 Å². The van der Waals surface area contributed by atoms with Crippen LogP contribution in [0.25, 0.3) is 0 Å². The van der Waals surface area contributed by atoms with Crippen LogP contribution in [-0.4, -0.2) is 27.8 Å². The Morgan fingerprint density at radius 3 is 2.62 bits per heavy atom. The van der Waals surface area contributed by atoms with Gasteiger partial charge in [-0.2, -0.15) is 10.4 Å². The summed E-state index contributed by atoms with van der Waals surface area (Å²) in [5.41, 5.74) is 1.77. The molecule has 0 unspecified atom stereocenters. The van der Waals surface area contributed by atoms with Crippen LogP contribution < -0.4 is 4.90 Å². The van der Waals surface area contributed by atoms with Crippen LogP contribution in [-0.2, 0) is 0 Å². The lowest BCUT2D eigenvalue weighted by atomic mass is 10.3. The summed E-state index contributed by atoms with van der Waals surface area (Å²) in [7, 11) is 0. The normalized spacial score (nSPS) is 14.6. The quantitative estimate of drug-likeness (QED) is 0.762. The molecule has 0 bridgehead atoms. The molecule has 1 fully saturated rings. The number of nitriles is 1. The first-order valence-electron chi connectivity index (χ1n) is 5.54. The first kappa shape index (κ1) is 10.8. The zero-order valence-corrected chi connectivity index (χ0v) is 9.64. The fourth-order valence-electron chi connectivity index (χ4n) is 1.57. The molecule has 5 nitrogen and oxygen atoms in total. The lowest BCUT2D eigenvalue weighted by molar-refractivity contribution is 0.732. The second-order valence-corrected chi connectivity index (χ2v) is 4.12. The second kappa shape index (κ2) is 4.44.